The Hall–Kier alpha value is -1.26. The van der Waals surface area contributed by atoms with Crippen LogP contribution < -0.4 is 10.0 Å². The maximum atomic E-state index is 12.3. The summed E-state index contributed by atoms with van der Waals surface area (Å²) < 4.78 is 31.9. The highest BCUT2D eigenvalue weighted by Crippen LogP contribution is 2.25. The molecule has 23 heavy (non-hydrogen) atoms. The van der Waals surface area contributed by atoms with E-state index in [2.05, 4.69) is 10.0 Å². The number of ether oxygens (including phenoxy) is 1. The second-order valence-electron chi connectivity index (χ2n) is 4.78. The summed E-state index contributed by atoms with van der Waals surface area (Å²) in [5, 5.41) is 13.9. The number of sulfonamides is 1. The van der Waals surface area contributed by atoms with Gasteiger partial charge in [-0.25, -0.2) is 13.1 Å². The molecule has 0 amide bonds. The Morgan fingerprint density at radius 3 is 2.43 bits per heavy atom. The molecule has 0 aromatic heterocycles. The SMILES string of the molecule is COCCNCCNS(=O)(=O)c1cc([N+](=O)[O-])cc(C)c1C.Cl. The van der Waals surface area contributed by atoms with Gasteiger partial charge in [-0.05, 0) is 25.0 Å². The Balaban J connectivity index is 0.00000484. The van der Waals surface area contributed by atoms with Gasteiger partial charge in [0.15, 0.2) is 0 Å². The van der Waals surface area contributed by atoms with Crippen molar-refractivity contribution in [2.45, 2.75) is 18.7 Å². The smallest absolute Gasteiger partial charge is 0.271 e. The maximum absolute atomic E-state index is 12.3. The first-order chi connectivity index (χ1) is 10.3. The quantitative estimate of drug-likeness (QED) is 0.385. The molecular formula is C13H22ClN3O5S. The Kier molecular flexibility index (Phi) is 9.25. The van der Waals surface area contributed by atoms with Gasteiger partial charge in [0.2, 0.25) is 10.0 Å². The Morgan fingerprint density at radius 1 is 1.22 bits per heavy atom. The molecule has 8 nitrogen and oxygen atoms in total. The molecule has 2 N–H and O–H groups in total. The summed E-state index contributed by atoms with van der Waals surface area (Å²) in [6.45, 7) is 5.06. The van der Waals surface area contributed by atoms with E-state index in [0.717, 1.165) is 6.07 Å². The van der Waals surface area contributed by atoms with E-state index in [-0.39, 0.29) is 29.5 Å². The van der Waals surface area contributed by atoms with Crippen LogP contribution in [0.1, 0.15) is 11.1 Å². The number of nitrogens with zero attached hydrogens (tertiary/aromatic N) is 1. The molecule has 1 rings (SSSR count). The minimum Gasteiger partial charge on any atom is -0.383 e. The van der Waals surface area contributed by atoms with Crippen LogP contribution in [0, 0.1) is 24.0 Å². The van der Waals surface area contributed by atoms with E-state index in [4.69, 9.17) is 4.74 Å². The predicted molar refractivity (Wildman–Crippen MR) is 89.8 cm³/mol. The lowest BCUT2D eigenvalue weighted by Gasteiger charge is -2.11. The van der Waals surface area contributed by atoms with Gasteiger partial charge in [0.1, 0.15) is 0 Å². The summed E-state index contributed by atoms with van der Waals surface area (Å²) in [5.41, 5.74) is 0.833. The minimum atomic E-state index is -3.79. The average molecular weight is 368 g/mol. The van der Waals surface area contributed by atoms with Crippen molar-refractivity contribution in [2.75, 3.05) is 33.4 Å². The number of rotatable bonds is 9. The maximum Gasteiger partial charge on any atom is 0.271 e. The highest BCUT2D eigenvalue weighted by Gasteiger charge is 2.21. The van der Waals surface area contributed by atoms with E-state index in [1.54, 1.807) is 21.0 Å². The Labute approximate surface area is 142 Å². The molecule has 0 unspecified atom stereocenters. The molecule has 1 aromatic carbocycles. The molecule has 0 radical (unpaired) electrons. The number of hydrogen-bond acceptors (Lipinski definition) is 6. The van der Waals surface area contributed by atoms with Crippen molar-refractivity contribution in [3.05, 3.63) is 33.4 Å². The second kappa shape index (κ2) is 9.78. The molecule has 132 valence electrons. The third-order valence-corrected chi connectivity index (χ3v) is 4.77. The highest BCUT2D eigenvalue weighted by atomic mass is 35.5. The summed E-state index contributed by atoms with van der Waals surface area (Å²) in [6, 6.07) is 2.45. The van der Waals surface area contributed by atoms with Crippen molar-refractivity contribution in [1.29, 1.82) is 0 Å². The zero-order valence-electron chi connectivity index (χ0n) is 13.3. The van der Waals surface area contributed by atoms with Gasteiger partial charge in [0.05, 0.1) is 16.4 Å². The summed E-state index contributed by atoms with van der Waals surface area (Å²) in [5.74, 6) is 0. The van der Waals surface area contributed by atoms with Crippen molar-refractivity contribution in [1.82, 2.24) is 10.0 Å². The standard InChI is InChI=1S/C13H21N3O5S.ClH/c1-10-8-12(16(17)18)9-13(11(10)2)22(19,20)15-5-4-14-6-7-21-3;/h8-9,14-15H,4-7H2,1-3H3;1H. The van der Waals surface area contributed by atoms with E-state index >= 15 is 0 Å². The van der Waals surface area contributed by atoms with Crippen LogP contribution in [0.25, 0.3) is 0 Å². The molecule has 0 aliphatic heterocycles. The molecule has 0 saturated carbocycles. The molecule has 0 spiro atoms. The van der Waals surface area contributed by atoms with E-state index in [1.807, 2.05) is 0 Å². The summed E-state index contributed by atoms with van der Waals surface area (Å²) >= 11 is 0. The lowest BCUT2D eigenvalue weighted by Crippen LogP contribution is -2.33. The van der Waals surface area contributed by atoms with Gasteiger partial charge in [-0.1, -0.05) is 0 Å². The van der Waals surface area contributed by atoms with E-state index in [1.165, 1.54) is 6.07 Å². The van der Waals surface area contributed by atoms with Gasteiger partial charge in [-0.2, -0.15) is 0 Å². The average Bonchev–Trinajstić information content (AvgIpc) is 2.45. The van der Waals surface area contributed by atoms with Crippen molar-refractivity contribution < 1.29 is 18.1 Å². The third kappa shape index (κ3) is 6.40. The fraction of sp³-hybridized carbons (Fsp3) is 0.538. The molecular weight excluding hydrogens is 346 g/mol. The largest absolute Gasteiger partial charge is 0.383 e. The van der Waals surface area contributed by atoms with E-state index in [0.29, 0.717) is 30.8 Å². The normalized spacial score (nSPS) is 11.1. The molecule has 0 heterocycles. The first-order valence-electron chi connectivity index (χ1n) is 6.74. The van der Waals surface area contributed by atoms with Gasteiger partial charge in [0, 0.05) is 38.9 Å². The van der Waals surface area contributed by atoms with Crippen LogP contribution in [0.15, 0.2) is 17.0 Å². The zero-order chi connectivity index (χ0) is 16.8. The van der Waals surface area contributed by atoms with Crippen LogP contribution >= 0.6 is 12.4 Å². The molecule has 10 heteroatoms. The Morgan fingerprint density at radius 2 is 1.87 bits per heavy atom. The van der Waals surface area contributed by atoms with Gasteiger partial charge in [-0.3, -0.25) is 10.1 Å². The van der Waals surface area contributed by atoms with E-state index in [9.17, 15) is 18.5 Å². The number of aryl methyl sites for hydroxylation is 1. The molecule has 0 aliphatic carbocycles. The van der Waals surface area contributed by atoms with Crippen LogP contribution in [0.4, 0.5) is 5.69 Å². The first kappa shape index (κ1) is 21.7. The minimum absolute atomic E-state index is 0. The molecule has 0 saturated heterocycles. The highest BCUT2D eigenvalue weighted by molar-refractivity contribution is 7.89. The third-order valence-electron chi connectivity index (χ3n) is 3.18. The molecule has 0 bridgehead atoms. The van der Waals surface area contributed by atoms with Crippen molar-refractivity contribution in [3.8, 4) is 0 Å². The van der Waals surface area contributed by atoms with Crippen molar-refractivity contribution in [2.24, 2.45) is 0 Å². The monoisotopic (exact) mass is 367 g/mol. The van der Waals surface area contributed by atoms with Gasteiger partial charge in [-0.15, -0.1) is 12.4 Å². The first-order valence-corrected chi connectivity index (χ1v) is 8.23. The van der Waals surface area contributed by atoms with Crippen LogP contribution in [0.5, 0.6) is 0 Å². The fourth-order valence-corrected chi connectivity index (χ4v) is 3.21. The van der Waals surface area contributed by atoms with Crippen LogP contribution in [-0.2, 0) is 14.8 Å². The lowest BCUT2D eigenvalue weighted by atomic mass is 10.1. The molecule has 0 atom stereocenters. The topological polar surface area (TPSA) is 111 Å². The van der Waals surface area contributed by atoms with Crippen molar-refractivity contribution >= 4 is 28.1 Å². The number of nitro groups is 1. The fourth-order valence-electron chi connectivity index (χ4n) is 1.84. The van der Waals surface area contributed by atoms with Gasteiger partial charge in [0.25, 0.3) is 5.69 Å². The number of non-ortho nitro benzene ring substituents is 1. The van der Waals surface area contributed by atoms with Crippen LogP contribution in [0.2, 0.25) is 0 Å². The molecule has 0 fully saturated rings. The van der Waals surface area contributed by atoms with Crippen LogP contribution in [-0.4, -0.2) is 46.7 Å². The van der Waals surface area contributed by atoms with Gasteiger partial charge >= 0.3 is 0 Å². The summed E-state index contributed by atoms with van der Waals surface area (Å²) in [6.07, 6.45) is 0. The molecule has 1 aromatic rings. The lowest BCUT2D eigenvalue weighted by molar-refractivity contribution is -0.385. The number of benzene rings is 1. The number of halogens is 1. The van der Waals surface area contributed by atoms with Gasteiger partial charge < -0.3 is 10.1 Å². The summed E-state index contributed by atoms with van der Waals surface area (Å²) in [4.78, 5) is 10.2. The second-order valence-corrected chi connectivity index (χ2v) is 6.52. The predicted octanol–water partition coefficient (Wildman–Crippen LogP) is 1.15. The molecule has 0 aliphatic rings. The van der Waals surface area contributed by atoms with Crippen LogP contribution in [0.3, 0.4) is 0 Å². The number of nitro benzene ring substituents is 1. The number of hydrogen-bond donors (Lipinski definition) is 2. The number of methoxy groups -OCH3 is 1. The number of nitrogens with one attached hydrogen (secondary N) is 2. The van der Waals surface area contributed by atoms with Crippen molar-refractivity contribution in [3.63, 3.8) is 0 Å². The zero-order valence-corrected chi connectivity index (χ0v) is 14.9. The Bertz CT molecular complexity index is 637. The summed E-state index contributed by atoms with van der Waals surface area (Å²) in [7, 11) is -2.21. The van der Waals surface area contributed by atoms with E-state index < -0.39 is 14.9 Å².